The molecule has 1 aliphatic heterocycles. The zero-order valence-electron chi connectivity index (χ0n) is 18.3. The van der Waals surface area contributed by atoms with Crippen molar-refractivity contribution in [1.82, 2.24) is 15.5 Å². The van der Waals surface area contributed by atoms with Crippen LogP contribution in [0.5, 0.6) is 0 Å². The molecule has 1 amide bonds. The highest BCUT2D eigenvalue weighted by atomic mass is 32.2. The van der Waals surface area contributed by atoms with Crippen molar-refractivity contribution in [2.24, 2.45) is 4.99 Å². The van der Waals surface area contributed by atoms with Crippen molar-refractivity contribution in [3.63, 3.8) is 0 Å². The van der Waals surface area contributed by atoms with Gasteiger partial charge >= 0.3 is 0 Å². The van der Waals surface area contributed by atoms with Gasteiger partial charge in [0.2, 0.25) is 5.91 Å². The van der Waals surface area contributed by atoms with E-state index in [1.807, 2.05) is 29.2 Å². The zero-order valence-corrected chi connectivity index (χ0v) is 19.1. The molecular weight excluding hydrogens is 412 g/mol. The molecule has 2 N–H and O–H groups in total. The molecule has 0 saturated carbocycles. The second kappa shape index (κ2) is 9.96. The first kappa shape index (κ1) is 22.8. The van der Waals surface area contributed by atoms with Crippen molar-refractivity contribution in [2.45, 2.75) is 44.3 Å². The van der Waals surface area contributed by atoms with E-state index >= 15 is 0 Å². The SMILES string of the molecule is CN=C(NCc1ccc(S(C)(=O)=O)c(C)c1)NCc1ccccc1CN1CCCC1=O. The van der Waals surface area contributed by atoms with Gasteiger partial charge in [0.05, 0.1) is 4.90 Å². The van der Waals surface area contributed by atoms with Gasteiger partial charge in [0.15, 0.2) is 15.8 Å². The fourth-order valence-corrected chi connectivity index (χ4v) is 4.74. The highest BCUT2D eigenvalue weighted by Gasteiger charge is 2.20. The minimum Gasteiger partial charge on any atom is -0.352 e. The maximum Gasteiger partial charge on any atom is 0.222 e. The summed E-state index contributed by atoms with van der Waals surface area (Å²) in [5, 5.41) is 6.59. The largest absolute Gasteiger partial charge is 0.352 e. The first-order valence-corrected chi connectivity index (χ1v) is 12.3. The maximum absolute atomic E-state index is 12.0. The molecule has 0 atom stereocenters. The number of nitrogens with zero attached hydrogens (tertiary/aromatic N) is 2. The van der Waals surface area contributed by atoms with E-state index in [-0.39, 0.29) is 5.91 Å². The summed E-state index contributed by atoms with van der Waals surface area (Å²) in [6.07, 6.45) is 2.79. The van der Waals surface area contributed by atoms with Crippen LogP contribution < -0.4 is 10.6 Å². The summed E-state index contributed by atoms with van der Waals surface area (Å²) in [6.45, 7) is 4.36. The van der Waals surface area contributed by atoms with Gasteiger partial charge in [0, 0.05) is 45.9 Å². The zero-order chi connectivity index (χ0) is 22.4. The molecule has 0 radical (unpaired) electrons. The molecule has 3 rings (SSSR count). The van der Waals surface area contributed by atoms with Crippen LogP contribution in [-0.4, -0.2) is 45.0 Å². The molecule has 7 nitrogen and oxygen atoms in total. The third kappa shape index (κ3) is 6.07. The molecule has 0 bridgehead atoms. The number of amides is 1. The van der Waals surface area contributed by atoms with E-state index in [4.69, 9.17) is 0 Å². The summed E-state index contributed by atoms with van der Waals surface area (Å²) in [5.41, 5.74) is 3.96. The van der Waals surface area contributed by atoms with Crippen molar-refractivity contribution in [2.75, 3.05) is 19.8 Å². The number of carbonyl (C=O) groups is 1. The summed E-state index contributed by atoms with van der Waals surface area (Å²) in [6, 6.07) is 13.4. The number of guanidine groups is 1. The second-order valence-corrected chi connectivity index (χ2v) is 9.82. The van der Waals surface area contributed by atoms with Gasteiger partial charge < -0.3 is 15.5 Å². The lowest BCUT2D eigenvalue weighted by Gasteiger charge is -2.19. The maximum atomic E-state index is 12.0. The van der Waals surface area contributed by atoms with Gasteiger partial charge in [-0.3, -0.25) is 9.79 Å². The average Bonchev–Trinajstić information content (AvgIpc) is 3.12. The summed E-state index contributed by atoms with van der Waals surface area (Å²) in [4.78, 5) is 18.5. The summed E-state index contributed by atoms with van der Waals surface area (Å²) < 4.78 is 23.6. The number of hydrogen-bond donors (Lipinski definition) is 2. The Bertz CT molecular complexity index is 1080. The minimum atomic E-state index is -3.22. The van der Waals surface area contributed by atoms with Crippen LogP contribution in [-0.2, 0) is 34.3 Å². The van der Waals surface area contributed by atoms with Crippen LogP contribution in [0.4, 0.5) is 0 Å². The number of likely N-dealkylation sites (tertiary alicyclic amines) is 1. The minimum absolute atomic E-state index is 0.220. The molecule has 8 heteroatoms. The highest BCUT2D eigenvalue weighted by molar-refractivity contribution is 7.90. The van der Waals surface area contributed by atoms with Crippen molar-refractivity contribution < 1.29 is 13.2 Å². The molecule has 1 heterocycles. The fraction of sp³-hybridized carbons (Fsp3) is 0.391. The van der Waals surface area contributed by atoms with Gasteiger partial charge in [-0.25, -0.2) is 8.42 Å². The molecule has 31 heavy (non-hydrogen) atoms. The lowest BCUT2D eigenvalue weighted by molar-refractivity contribution is -0.128. The Morgan fingerprint density at radius 3 is 2.42 bits per heavy atom. The number of nitrogens with one attached hydrogen (secondary N) is 2. The molecule has 1 aliphatic rings. The molecule has 0 aliphatic carbocycles. The second-order valence-electron chi connectivity index (χ2n) is 7.84. The third-order valence-electron chi connectivity index (χ3n) is 5.42. The average molecular weight is 443 g/mol. The van der Waals surface area contributed by atoms with Gasteiger partial charge in [-0.05, 0) is 41.7 Å². The Labute approximate surface area is 184 Å². The summed E-state index contributed by atoms with van der Waals surface area (Å²) in [7, 11) is -1.51. The molecule has 1 saturated heterocycles. The molecule has 1 fully saturated rings. The standard InChI is InChI=1S/C23H30N4O3S/c1-17-13-18(10-11-21(17)31(3,29)30)14-25-23(24-2)26-15-19-7-4-5-8-20(19)16-27-12-6-9-22(27)28/h4-5,7-8,10-11,13H,6,9,12,14-16H2,1-3H3,(H2,24,25,26). The molecule has 0 spiro atoms. The van der Waals surface area contributed by atoms with Crippen molar-refractivity contribution in [3.8, 4) is 0 Å². The smallest absolute Gasteiger partial charge is 0.222 e. The number of carbonyl (C=O) groups excluding carboxylic acids is 1. The predicted molar refractivity (Wildman–Crippen MR) is 122 cm³/mol. The van der Waals surface area contributed by atoms with Crippen LogP contribution in [0, 0.1) is 6.92 Å². The van der Waals surface area contributed by atoms with Crippen molar-refractivity contribution in [1.29, 1.82) is 0 Å². The Balaban J connectivity index is 1.59. The van der Waals surface area contributed by atoms with E-state index in [0.717, 1.165) is 35.2 Å². The monoisotopic (exact) mass is 442 g/mol. The molecule has 2 aromatic rings. The Kier molecular flexibility index (Phi) is 7.33. The number of benzene rings is 2. The number of rotatable bonds is 7. The molecule has 166 valence electrons. The van der Waals surface area contributed by atoms with E-state index < -0.39 is 9.84 Å². The van der Waals surface area contributed by atoms with Crippen LogP contribution >= 0.6 is 0 Å². The molecule has 2 aromatic carbocycles. The van der Waals surface area contributed by atoms with Crippen LogP contribution in [0.15, 0.2) is 52.4 Å². The molecule has 0 aromatic heterocycles. The molecule has 0 unspecified atom stereocenters. The third-order valence-corrected chi connectivity index (χ3v) is 6.68. The Morgan fingerprint density at radius 2 is 1.81 bits per heavy atom. The highest BCUT2D eigenvalue weighted by Crippen LogP contribution is 2.18. The summed E-state index contributed by atoms with van der Waals surface area (Å²) in [5.74, 6) is 0.870. The Hall–Kier alpha value is -2.87. The van der Waals surface area contributed by atoms with Crippen molar-refractivity contribution >= 4 is 21.7 Å². The number of sulfone groups is 1. The van der Waals surface area contributed by atoms with Crippen molar-refractivity contribution in [3.05, 3.63) is 64.7 Å². The van der Waals surface area contributed by atoms with E-state index in [2.05, 4.69) is 27.8 Å². The lowest BCUT2D eigenvalue weighted by Crippen LogP contribution is -2.36. The van der Waals surface area contributed by atoms with Crippen LogP contribution in [0.3, 0.4) is 0 Å². The first-order chi connectivity index (χ1) is 14.8. The summed E-state index contributed by atoms with van der Waals surface area (Å²) >= 11 is 0. The van der Waals surface area contributed by atoms with Gasteiger partial charge in [-0.2, -0.15) is 0 Å². The molecular formula is C23H30N4O3S. The van der Waals surface area contributed by atoms with Gasteiger partial charge in [-0.15, -0.1) is 0 Å². The quantitative estimate of drug-likeness (QED) is 0.508. The van der Waals surface area contributed by atoms with E-state index in [1.54, 1.807) is 20.0 Å². The number of aryl methyl sites for hydroxylation is 1. The normalized spacial score (nSPS) is 14.7. The Morgan fingerprint density at radius 1 is 1.10 bits per heavy atom. The van der Waals surface area contributed by atoms with E-state index in [1.165, 1.54) is 6.26 Å². The van der Waals surface area contributed by atoms with E-state index in [0.29, 0.717) is 36.9 Å². The van der Waals surface area contributed by atoms with Crippen LogP contribution in [0.1, 0.15) is 35.1 Å². The number of aliphatic imine (C=N–C) groups is 1. The first-order valence-electron chi connectivity index (χ1n) is 10.4. The van der Waals surface area contributed by atoms with Gasteiger partial charge in [-0.1, -0.05) is 36.4 Å². The fourth-order valence-electron chi connectivity index (χ4n) is 3.78. The lowest BCUT2D eigenvalue weighted by atomic mass is 10.1. The van der Waals surface area contributed by atoms with E-state index in [9.17, 15) is 13.2 Å². The topological polar surface area (TPSA) is 90.9 Å². The van der Waals surface area contributed by atoms with Gasteiger partial charge in [0.1, 0.15) is 0 Å². The van der Waals surface area contributed by atoms with Gasteiger partial charge in [0.25, 0.3) is 0 Å². The van der Waals surface area contributed by atoms with Crippen LogP contribution in [0.25, 0.3) is 0 Å². The predicted octanol–water partition coefficient (Wildman–Crippen LogP) is 2.39. The number of hydrogen-bond acceptors (Lipinski definition) is 4. The van der Waals surface area contributed by atoms with Crippen LogP contribution in [0.2, 0.25) is 0 Å².